The number of nitrogens with one attached hydrogen (secondary N) is 1. The maximum atomic E-state index is 5.52. The summed E-state index contributed by atoms with van der Waals surface area (Å²) in [6.07, 6.45) is 1.66. The Labute approximate surface area is 114 Å². The van der Waals surface area contributed by atoms with Gasteiger partial charge >= 0.3 is 0 Å². The minimum absolute atomic E-state index is 0.00359. The lowest BCUT2D eigenvalue weighted by Crippen LogP contribution is -2.27. The number of hydrogen-bond donors (Lipinski definition) is 1. The Hall–Kier alpha value is -1.04. The van der Waals surface area contributed by atoms with Crippen molar-refractivity contribution in [2.24, 2.45) is 0 Å². The fourth-order valence-corrected chi connectivity index (χ4v) is 2.13. The second-order valence-electron chi connectivity index (χ2n) is 4.05. The van der Waals surface area contributed by atoms with Gasteiger partial charge in [0.15, 0.2) is 4.67 Å². The zero-order chi connectivity index (χ0) is 13.0. The smallest absolute Gasteiger partial charge is 0.169 e. The van der Waals surface area contributed by atoms with E-state index in [4.69, 9.17) is 13.6 Å². The molecule has 2 rings (SSSR count). The Morgan fingerprint density at radius 2 is 2.17 bits per heavy atom. The normalized spacial score (nSPS) is 14.6. The molecule has 4 nitrogen and oxygen atoms in total. The molecule has 2 aromatic heterocycles. The number of halogens is 1. The fourth-order valence-electron chi connectivity index (χ4n) is 1.81. The maximum Gasteiger partial charge on any atom is 0.169 e. The van der Waals surface area contributed by atoms with Gasteiger partial charge in [0, 0.05) is 7.11 Å². The first-order valence-corrected chi connectivity index (χ1v) is 6.53. The van der Waals surface area contributed by atoms with Crippen LogP contribution in [0.15, 0.2) is 44.0 Å². The summed E-state index contributed by atoms with van der Waals surface area (Å²) in [6.45, 7) is 2.58. The van der Waals surface area contributed by atoms with Gasteiger partial charge in [0.2, 0.25) is 0 Å². The standard InChI is InChI=1S/C13H16BrNO3/c1-9(11-5-6-13(14)18-11)15-10(8-16-2)12-4-3-7-17-12/h3-7,9-10,15H,8H2,1-2H3/t9-,10+/m1/s1. The van der Waals surface area contributed by atoms with Crippen molar-refractivity contribution in [3.05, 3.63) is 46.7 Å². The Morgan fingerprint density at radius 3 is 2.72 bits per heavy atom. The van der Waals surface area contributed by atoms with Crippen LogP contribution in [-0.2, 0) is 4.74 Å². The van der Waals surface area contributed by atoms with Gasteiger partial charge in [-0.3, -0.25) is 5.32 Å². The molecule has 5 heteroatoms. The maximum absolute atomic E-state index is 5.52. The van der Waals surface area contributed by atoms with E-state index < -0.39 is 0 Å². The third-order valence-corrected chi connectivity index (χ3v) is 3.12. The highest BCUT2D eigenvalue weighted by atomic mass is 79.9. The van der Waals surface area contributed by atoms with Crippen molar-refractivity contribution in [1.29, 1.82) is 0 Å². The zero-order valence-electron chi connectivity index (χ0n) is 10.4. The molecule has 0 radical (unpaired) electrons. The molecule has 2 heterocycles. The Kier molecular flexibility index (Phi) is 4.63. The van der Waals surface area contributed by atoms with E-state index in [-0.39, 0.29) is 12.1 Å². The Bertz CT molecular complexity index is 466. The van der Waals surface area contributed by atoms with Crippen LogP contribution < -0.4 is 5.32 Å². The molecule has 2 aromatic rings. The average Bonchev–Trinajstić information content (AvgIpc) is 2.98. The Balaban J connectivity index is 2.05. The van der Waals surface area contributed by atoms with Crippen LogP contribution in [0.3, 0.4) is 0 Å². The first-order valence-electron chi connectivity index (χ1n) is 5.74. The number of ether oxygens (including phenoxy) is 1. The lowest BCUT2D eigenvalue weighted by molar-refractivity contribution is 0.150. The number of furan rings is 2. The minimum Gasteiger partial charge on any atom is -0.468 e. The predicted molar refractivity (Wildman–Crippen MR) is 71.3 cm³/mol. The van der Waals surface area contributed by atoms with Crippen molar-refractivity contribution in [3.63, 3.8) is 0 Å². The molecule has 0 aliphatic heterocycles. The van der Waals surface area contributed by atoms with E-state index in [0.29, 0.717) is 6.61 Å². The summed E-state index contributed by atoms with van der Waals surface area (Å²) < 4.78 is 16.9. The summed E-state index contributed by atoms with van der Waals surface area (Å²) in [7, 11) is 1.67. The molecule has 0 saturated heterocycles. The molecule has 1 N–H and O–H groups in total. The lowest BCUT2D eigenvalue weighted by Gasteiger charge is -2.19. The van der Waals surface area contributed by atoms with Crippen LogP contribution in [0.25, 0.3) is 0 Å². The van der Waals surface area contributed by atoms with Crippen LogP contribution in [-0.4, -0.2) is 13.7 Å². The van der Waals surface area contributed by atoms with Crippen molar-refractivity contribution in [3.8, 4) is 0 Å². The summed E-state index contributed by atoms with van der Waals surface area (Å²) in [4.78, 5) is 0. The van der Waals surface area contributed by atoms with Crippen molar-refractivity contribution >= 4 is 15.9 Å². The highest BCUT2D eigenvalue weighted by Gasteiger charge is 2.19. The van der Waals surface area contributed by atoms with Crippen LogP contribution in [0.1, 0.15) is 30.5 Å². The molecule has 0 spiro atoms. The number of rotatable bonds is 6. The van der Waals surface area contributed by atoms with Gasteiger partial charge in [0.05, 0.1) is 25.0 Å². The first-order chi connectivity index (χ1) is 8.70. The average molecular weight is 314 g/mol. The van der Waals surface area contributed by atoms with E-state index in [2.05, 4.69) is 21.2 Å². The summed E-state index contributed by atoms with van der Waals surface area (Å²) >= 11 is 3.30. The Morgan fingerprint density at radius 1 is 1.33 bits per heavy atom. The van der Waals surface area contributed by atoms with Gasteiger partial charge in [0.1, 0.15) is 11.5 Å². The first kappa shape index (κ1) is 13.4. The summed E-state index contributed by atoms with van der Waals surface area (Å²) in [6, 6.07) is 7.69. The largest absolute Gasteiger partial charge is 0.468 e. The van der Waals surface area contributed by atoms with Crippen LogP contribution in [0.5, 0.6) is 0 Å². The van der Waals surface area contributed by atoms with Gasteiger partial charge in [-0.05, 0) is 47.1 Å². The van der Waals surface area contributed by atoms with Gasteiger partial charge in [-0.25, -0.2) is 0 Å². The molecular formula is C13H16BrNO3. The van der Waals surface area contributed by atoms with Crippen LogP contribution in [0.2, 0.25) is 0 Å². The van der Waals surface area contributed by atoms with Gasteiger partial charge in [-0.2, -0.15) is 0 Å². The molecule has 2 atom stereocenters. The summed E-state index contributed by atoms with van der Waals surface area (Å²) in [5.74, 6) is 1.73. The summed E-state index contributed by atoms with van der Waals surface area (Å²) in [5, 5.41) is 3.42. The molecule has 0 aliphatic carbocycles. The second-order valence-corrected chi connectivity index (χ2v) is 4.84. The third-order valence-electron chi connectivity index (χ3n) is 2.69. The van der Waals surface area contributed by atoms with E-state index in [9.17, 15) is 0 Å². The molecule has 0 amide bonds. The molecule has 0 fully saturated rings. The van der Waals surface area contributed by atoms with Crippen molar-refractivity contribution in [1.82, 2.24) is 5.32 Å². The van der Waals surface area contributed by atoms with Crippen molar-refractivity contribution in [2.45, 2.75) is 19.0 Å². The van der Waals surface area contributed by atoms with Crippen LogP contribution in [0.4, 0.5) is 0 Å². The number of methoxy groups -OCH3 is 1. The van der Waals surface area contributed by atoms with Gasteiger partial charge in [-0.15, -0.1) is 0 Å². The quantitative estimate of drug-likeness (QED) is 0.884. The predicted octanol–water partition coefficient (Wildman–Crippen LogP) is 3.67. The van der Waals surface area contributed by atoms with Gasteiger partial charge < -0.3 is 13.6 Å². The van der Waals surface area contributed by atoms with Crippen LogP contribution >= 0.6 is 15.9 Å². The third kappa shape index (κ3) is 3.25. The molecule has 0 unspecified atom stereocenters. The highest BCUT2D eigenvalue weighted by Crippen LogP contribution is 2.23. The van der Waals surface area contributed by atoms with Crippen LogP contribution in [0, 0.1) is 0 Å². The molecule has 0 aromatic carbocycles. The van der Waals surface area contributed by atoms with E-state index in [1.807, 2.05) is 31.2 Å². The number of hydrogen-bond acceptors (Lipinski definition) is 4. The fraction of sp³-hybridized carbons (Fsp3) is 0.385. The summed E-state index contributed by atoms with van der Waals surface area (Å²) in [5.41, 5.74) is 0. The van der Waals surface area contributed by atoms with E-state index in [1.54, 1.807) is 13.4 Å². The van der Waals surface area contributed by atoms with E-state index >= 15 is 0 Å². The van der Waals surface area contributed by atoms with E-state index in [0.717, 1.165) is 16.2 Å². The second kappa shape index (κ2) is 6.22. The molecule has 0 saturated carbocycles. The molecule has 0 aliphatic rings. The van der Waals surface area contributed by atoms with Gasteiger partial charge in [0.25, 0.3) is 0 Å². The topological polar surface area (TPSA) is 47.5 Å². The zero-order valence-corrected chi connectivity index (χ0v) is 11.9. The molecule has 18 heavy (non-hydrogen) atoms. The minimum atomic E-state index is 0.00359. The lowest BCUT2D eigenvalue weighted by atomic mass is 10.2. The van der Waals surface area contributed by atoms with E-state index in [1.165, 1.54) is 0 Å². The van der Waals surface area contributed by atoms with Crippen molar-refractivity contribution in [2.75, 3.05) is 13.7 Å². The highest BCUT2D eigenvalue weighted by molar-refractivity contribution is 9.10. The van der Waals surface area contributed by atoms with Crippen molar-refractivity contribution < 1.29 is 13.6 Å². The van der Waals surface area contributed by atoms with Gasteiger partial charge in [-0.1, -0.05) is 0 Å². The monoisotopic (exact) mass is 313 g/mol. The molecule has 98 valence electrons. The molecular weight excluding hydrogens is 298 g/mol. The molecule has 0 bridgehead atoms. The SMILES string of the molecule is COC[C@H](N[C@H](C)c1ccc(Br)o1)c1ccco1.